The Labute approximate surface area is 136 Å². The van der Waals surface area contributed by atoms with Crippen molar-refractivity contribution < 1.29 is 23.1 Å². The van der Waals surface area contributed by atoms with Crippen molar-refractivity contribution in [2.75, 3.05) is 5.32 Å². The Balaban J connectivity index is 2.26. The van der Waals surface area contributed by atoms with Crippen LogP contribution in [0.25, 0.3) is 0 Å². The second kappa shape index (κ2) is 6.76. The number of urea groups is 1. The van der Waals surface area contributed by atoms with Crippen molar-refractivity contribution in [3.63, 3.8) is 0 Å². The van der Waals surface area contributed by atoms with Gasteiger partial charge in [0.1, 0.15) is 11.0 Å². The fourth-order valence-electron chi connectivity index (χ4n) is 1.78. The minimum absolute atomic E-state index is 0.0379. The van der Waals surface area contributed by atoms with E-state index in [2.05, 4.69) is 10.3 Å². The zero-order chi connectivity index (χ0) is 17.7. The number of nitrogens with zero attached hydrogens (tertiary/aromatic N) is 2. The van der Waals surface area contributed by atoms with E-state index in [-0.39, 0.29) is 11.4 Å². The zero-order valence-electron chi connectivity index (χ0n) is 11.9. The summed E-state index contributed by atoms with van der Waals surface area (Å²) in [5.74, 6) is -1.58. The Bertz CT molecular complexity index is 950. The van der Waals surface area contributed by atoms with Crippen molar-refractivity contribution in [2.45, 2.75) is 4.90 Å². The molecule has 24 heavy (non-hydrogen) atoms. The number of sulfonamides is 1. The number of anilines is 1. The quantitative estimate of drug-likeness (QED) is 0.752. The molecular formula is C14H10N4O5S. The lowest BCUT2D eigenvalue weighted by Gasteiger charge is -2.10. The average molecular weight is 346 g/mol. The maximum atomic E-state index is 12.2. The first-order chi connectivity index (χ1) is 11.3. The first-order valence-electron chi connectivity index (χ1n) is 6.36. The minimum Gasteiger partial charge on any atom is -0.478 e. The highest BCUT2D eigenvalue weighted by Gasteiger charge is 2.24. The lowest BCUT2D eigenvalue weighted by Crippen LogP contribution is -2.35. The summed E-state index contributed by atoms with van der Waals surface area (Å²) < 4.78 is 26.1. The van der Waals surface area contributed by atoms with Gasteiger partial charge in [-0.25, -0.2) is 27.7 Å². The number of hydrogen-bond donors (Lipinski definition) is 3. The molecular weight excluding hydrogens is 336 g/mol. The summed E-state index contributed by atoms with van der Waals surface area (Å²) in [6.07, 6.45) is 1.31. The molecule has 1 aromatic heterocycles. The molecule has 1 heterocycles. The molecule has 9 nitrogen and oxygen atoms in total. The third kappa shape index (κ3) is 3.65. The number of nitriles is 1. The second-order valence-electron chi connectivity index (χ2n) is 4.37. The van der Waals surface area contributed by atoms with E-state index in [0.29, 0.717) is 0 Å². The van der Waals surface area contributed by atoms with E-state index in [4.69, 9.17) is 10.4 Å². The van der Waals surface area contributed by atoms with Crippen LogP contribution in [-0.4, -0.2) is 30.5 Å². The predicted octanol–water partition coefficient (Wildman–Crippen LogP) is 1.16. The van der Waals surface area contributed by atoms with Crippen molar-refractivity contribution in [2.24, 2.45) is 0 Å². The molecule has 0 spiro atoms. The Morgan fingerprint density at radius 1 is 1.17 bits per heavy atom. The molecule has 0 atom stereocenters. The van der Waals surface area contributed by atoms with Crippen molar-refractivity contribution in [1.82, 2.24) is 9.71 Å². The van der Waals surface area contributed by atoms with Crippen LogP contribution in [0.4, 0.5) is 10.6 Å². The van der Waals surface area contributed by atoms with Gasteiger partial charge in [-0.15, -0.1) is 0 Å². The number of hydrogen-bond acceptors (Lipinski definition) is 6. The van der Waals surface area contributed by atoms with Crippen LogP contribution in [0.1, 0.15) is 15.9 Å². The Morgan fingerprint density at radius 2 is 1.88 bits per heavy atom. The number of carboxylic acid groups (broad SMARTS) is 1. The maximum Gasteiger partial charge on any atom is 0.337 e. The van der Waals surface area contributed by atoms with E-state index >= 15 is 0 Å². The molecule has 0 radical (unpaired) electrons. The molecule has 2 amide bonds. The van der Waals surface area contributed by atoms with E-state index in [1.807, 2.05) is 0 Å². The highest BCUT2D eigenvalue weighted by molar-refractivity contribution is 7.90. The molecule has 122 valence electrons. The Kier molecular flexibility index (Phi) is 4.76. The monoisotopic (exact) mass is 346 g/mol. The molecule has 0 saturated heterocycles. The summed E-state index contributed by atoms with van der Waals surface area (Å²) in [7, 11) is -4.43. The largest absolute Gasteiger partial charge is 0.478 e. The second-order valence-corrected chi connectivity index (χ2v) is 6.02. The first-order valence-corrected chi connectivity index (χ1v) is 7.84. The summed E-state index contributed by atoms with van der Waals surface area (Å²) in [6, 6.07) is 8.31. The number of carbonyl (C=O) groups is 2. The van der Waals surface area contributed by atoms with E-state index in [0.717, 1.165) is 12.1 Å². The van der Waals surface area contributed by atoms with Gasteiger partial charge in [0.2, 0.25) is 0 Å². The number of benzene rings is 1. The van der Waals surface area contributed by atoms with E-state index in [9.17, 15) is 18.0 Å². The molecule has 0 unspecified atom stereocenters. The van der Waals surface area contributed by atoms with Gasteiger partial charge in [0.25, 0.3) is 10.0 Å². The SMILES string of the molecule is N#Cc1cccnc1NC(=O)NS(=O)(=O)c1ccccc1C(=O)O. The number of carboxylic acids is 1. The molecule has 0 fully saturated rings. The van der Waals surface area contributed by atoms with Crippen LogP contribution in [0.3, 0.4) is 0 Å². The van der Waals surface area contributed by atoms with Crippen molar-refractivity contribution in [3.05, 3.63) is 53.7 Å². The lowest BCUT2D eigenvalue weighted by molar-refractivity contribution is 0.0692. The zero-order valence-corrected chi connectivity index (χ0v) is 12.7. The maximum absolute atomic E-state index is 12.2. The molecule has 0 aliphatic rings. The number of pyridine rings is 1. The number of aromatic carboxylic acids is 1. The van der Waals surface area contributed by atoms with Crippen LogP contribution in [-0.2, 0) is 10.0 Å². The van der Waals surface area contributed by atoms with Crippen LogP contribution in [0.5, 0.6) is 0 Å². The number of rotatable bonds is 4. The van der Waals surface area contributed by atoms with Crippen LogP contribution < -0.4 is 10.0 Å². The third-order valence-corrected chi connectivity index (χ3v) is 4.18. The summed E-state index contributed by atoms with van der Waals surface area (Å²) in [5.41, 5.74) is -0.440. The smallest absolute Gasteiger partial charge is 0.337 e. The summed E-state index contributed by atoms with van der Waals surface area (Å²) in [4.78, 5) is 26.1. The molecule has 0 aliphatic heterocycles. The first kappa shape index (κ1) is 16.9. The minimum atomic E-state index is -4.43. The summed E-state index contributed by atoms with van der Waals surface area (Å²) in [5, 5.41) is 20.0. The van der Waals surface area contributed by atoms with Gasteiger partial charge in [-0.3, -0.25) is 5.32 Å². The number of nitrogens with one attached hydrogen (secondary N) is 2. The molecule has 2 rings (SSSR count). The van der Waals surface area contributed by atoms with E-state index in [1.165, 1.54) is 30.5 Å². The average Bonchev–Trinajstić information content (AvgIpc) is 2.54. The van der Waals surface area contributed by atoms with Gasteiger partial charge < -0.3 is 5.11 Å². The fourth-order valence-corrected chi connectivity index (χ4v) is 2.89. The predicted molar refractivity (Wildman–Crippen MR) is 81.7 cm³/mol. The van der Waals surface area contributed by atoms with Gasteiger partial charge in [0, 0.05) is 6.20 Å². The fraction of sp³-hybridized carbons (Fsp3) is 0. The Morgan fingerprint density at radius 3 is 2.54 bits per heavy atom. The molecule has 10 heteroatoms. The topological polar surface area (TPSA) is 149 Å². The van der Waals surface area contributed by atoms with Crippen LogP contribution in [0.15, 0.2) is 47.5 Å². The van der Waals surface area contributed by atoms with Crippen LogP contribution in [0, 0.1) is 11.3 Å². The van der Waals surface area contributed by atoms with Crippen LogP contribution in [0.2, 0.25) is 0 Å². The van der Waals surface area contributed by atoms with Crippen molar-refractivity contribution in [1.29, 1.82) is 5.26 Å². The number of carbonyl (C=O) groups excluding carboxylic acids is 1. The van der Waals surface area contributed by atoms with Gasteiger partial charge in [-0.1, -0.05) is 12.1 Å². The molecule has 1 aromatic carbocycles. The highest BCUT2D eigenvalue weighted by atomic mass is 32.2. The normalized spacial score (nSPS) is 10.5. The Hall–Kier alpha value is -3.45. The van der Waals surface area contributed by atoms with Gasteiger partial charge in [0.15, 0.2) is 5.82 Å². The number of amides is 2. The standard InChI is InChI=1S/C14H10N4O5S/c15-8-9-4-3-7-16-12(9)17-14(21)18-24(22,23)11-6-2-1-5-10(11)13(19)20/h1-7H,(H,19,20)(H2,16,17,18,21). The highest BCUT2D eigenvalue weighted by Crippen LogP contribution is 2.16. The van der Waals surface area contributed by atoms with Crippen molar-refractivity contribution in [3.8, 4) is 6.07 Å². The van der Waals surface area contributed by atoms with Gasteiger partial charge in [0.05, 0.1) is 11.1 Å². The summed E-state index contributed by atoms with van der Waals surface area (Å²) >= 11 is 0. The van der Waals surface area contributed by atoms with E-state index in [1.54, 1.807) is 10.8 Å². The van der Waals surface area contributed by atoms with Gasteiger partial charge in [-0.2, -0.15) is 5.26 Å². The summed E-state index contributed by atoms with van der Waals surface area (Å²) in [6.45, 7) is 0. The van der Waals surface area contributed by atoms with Gasteiger partial charge in [-0.05, 0) is 24.3 Å². The molecule has 0 bridgehead atoms. The molecule has 0 aliphatic carbocycles. The third-order valence-electron chi connectivity index (χ3n) is 2.79. The molecule has 0 saturated carbocycles. The van der Waals surface area contributed by atoms with Crippen molar-refractivity contribution >= 4 is 27.8 Å². The lowest BCUT2D eigenvalue weighted by atomic mass is 10.2. The van der Waals surface area contributed by atoms with Gasteiger partial charge >= 0.3 is 12.0 Å². The van der Waals surface area contributed by atoms with Crippen LogP contribution >= 0.6 is 0 Å². The number of aromatic nitrogens is 1. The molecule has 2 aromatic rings. The van der Waals surface area contributed by atoms with E-state index < -0.39 is 32.5 Å². The molecule has 3 N–H and O–H groups in total.